The Morgan fingerprint density at radius 3 is 2.41 bits per heavy atom. The zero-order valence-electron chi connectivity index (χ0n) is 17.6. The molecule has 168 valence electrons. The lowest BCUT2D eigenvalue weighted by atomic mass is 10.1. The van der Waals surface area contributed by atoms with Gasteiger partial charge in [0.05, 0.1) is 10.6 Å². The first kappa shape index (κ1) is 23.8. The largest absolute Gasteiger partial charge is 0.355 e. The summed E-state index contributed by atoms with van der Waals surface area (Å²) in [7, 11) is -3.99. The van der Waals surface area contributed by atoms with Crippen LogP contribution in [0.1, 0.15) is 17.5 Å². The van der Waals surface area contributed by atoms with Crippen LogP contribution in [0.15, 0.2) is 77.7 Å². The number of nitrogens with one attached hydrogen (secondary N) is 1. The van der Waals surface area contributed by atoms with Gasteiger partial charge in [0.2, 0.25) is 5.91 Å². The zero-order valence-corrected chi connectivity index (χ0v) is 19.2. The van der Waals surface area contributed by atoms with E-state index in [-0.39, 0.29) is 17.3 Å². The van der Waals surface area contributed by atoms with E-state index in [2.05, 4.69) is 5.32 Å². The van der Waals surface area contributed by atoms with E-state index in [9.17, 15) is 17.6 Å². The summed E-state index contributed by atoms with van der Waals surface area (Å²) in [5.41, 5.74) is 1.99. The Morgan fingerprint density at radius 1 is 1.03 bits per heavy atom. The highest BCUT2D eigenvalue weighted by atomic mass is 35.5. The molecule has 3 rings (SSSR count). The lowest BCUT2D eigenvalue weighted by Crippen LogP contribution is -2.41. The lowest BCUT2D eigenvalue weighted by Gasteiger charge is -2.26. The van der Waals surface area contributed by atoms with Gasteiger partial charge in [-0.2, -0.15) is 0 Å². The summed E-state index contributed by atoms with van der Waals surface area (Å²) in [6.45, 7) is 1.75. The van der Waals surface area contributed by atoms with Crippen molar-refractivity contribution in [3.8, 4) is 0 Å². The van der Waals surface area contributed by atoms with Gasteiger partial charge in [0.1, 0.15) is 12.4 Å². The molecule has 0 fully saturated rings. The van der Waals surface area contributed by atoms with Crippen LogP contribution in [0.4, 0.5) is 10.1 Å². The monoisotopic (exact) mass is 474 g/mol. The third kappa shape index (κ3) is 6.08. The maximum atomic E-state index is 13.3. The predicted octanol–water partition coefficient (Wildman–Crippen LogP) is 4.73. The molecule has 0 bridgehead atoms. The molecule has 0 aliphatic rings. The molecule has 0 radical (unpaired) electrons. The first-order chi connectivity index (χ1) is 15.3. The Bertz CT molecular complexity index is 1170. The van der Waals surface area contributed by atoms with Crippen LogP contribution in [0, 0.1) is 12.7 Å². The second kappa shape index (κ2) is 10.6. The molecule has 0 aromatic heterocycles. The Morgan fingerprint density at radius 2 is 1.72 bits per heavy atom. The first-order valence-electron chi connectivity index (χ1n) is 10.1. The summed E-state index contributed by atoms with van der Waals surface area (Å²) in [6.07, 6.45) is 1.30. The van der Waals surface area contributed by atoms with Crippen molar-refractivity contribution in [3.63, 3.8) is 0 Å². The topological polar surface area (TPSA) is 66.5 Å². The number of carbonyl (C=O) groups is 1. The predicted molar refractivity (Wildman–Crippen MR) is 125 cm³/mol. The summed E-state index contributed by atoms with van der Waals surface area (Å²) in [4.78, 5) is 12.7. The van der Waals surface area contributed by atoms with Gasteiger partial charge in [-0.3, -0.25) is 9.10 Å². The standard InChI is InChI=1S/C24H24ClFN2O3S/c1-18-9-12-20(25)16-23(18)28(32(30,31)22-7-3-2-4-8-22)17-24(29)27-15-5-6-19-10-13-21(26)14-11-19/h2-4,7-14,16H,5-6,15,17H2,1H3,(H,27,29). The van der Waals surface area contributed by atoms with Gasteiger partial charge in [-0.05, 0) is 67.3 Å². The van der Waals surface area contributed by atoms with Crippen molar-refractivity contribution in [3.05, 3.63) is 94.8 Å². The Hall–Kier alpha value is -2.90. The molecule has 0 spiro atoms. The quantitative estimate of drug-likeness (QED) is 0.456. The highest BCUT2D eigenvalue weighted by Crippen LogP contribution is 2.29. The van der Waals surface area contributed by atoms with E-state index in [0.717, 1.165) is 9.87 Å². The van der Waals surface area contributed by atoms with Gasteiger partial charge in [0.25, 0.3) is 10.0 Å². The number of hydrogen-bond acceptors (Lipinski definition) is 3. The number of benzene rings is 3. The number of aryl methyl sites for hydroxylation is 2. The molecular formula is C24H24ClFN2O3S. The summed E-state index contributed by atoms with van der Waals surface area (Å²) in [5.74, 6) is -0.721. The highest BCUT2D eigenvalue weighted by molar-refractivity contribution is 7.92. The van der Waals surface area contributed by atoms with Crippen molar-refractivity contribution in [2.45, 2.75) is 24.7 Å². The molecule has 0 aliphatic heterocycles. The van der Waals surface area contributed by atoms with Crippen molar-refractivity contribution in [2.24, 2.45) is 0 Å². The van der Waals surface area contributed by atoms with Crippen LogP contribution >= 0.6 is 11.6 Å². The van der Waals surface area contributed by atoms with E-state index in [1.807, 2.05) is 0 Å². The molecule has 1 amide bonds. The fourth-order valence-corrected chi connectivity index (χ4v) is 4.89. The number of carbonyl (C=O) groups excluding carboxylic acids is 1. The van der Waals surface area contributed by atoms with Crippen LogP contribution in [-0.4, -0.2) is 27.4 Å². The molecule has 1 N–H and O–H groups in total. The molecule has 3 aromatic carbocycles. The van der Waals surface area contributed by atoms with Crippen LogP contribution in [-0.2, 0) is 21.2 Å². The molecule has 5 nitrogen and oxygen atoms in total. The van der Waals surface area contributed by atoms with Crippen LogP contribution < -0.4 is 9.62 Å². The van der Waals surface area contributed by atoms with Crippen molar-refractivity contribution >= 4 is 33.2 Å². The second-order valence-electron chi connectivity index (χ2n) is 7.34. The van der Waals surface area contributed by atoms with E-state index in [1.54, 1.807) is 55.5 Å². The van der Waals surface area contributed by atoms with Crippen molar-refractivity contribution in [1.82, 2.24) is 5.32 Å². The van der Waals surface area contributed by atoms with E-state index < -0.39 is 15.9 Å². The molecule has 3 aromatic rings. The summed E-state index contributed by atoms with van der Waals surface area (Å²) < 4.78 is 40.8. The smallest absolute Gasteiger partial charge is 0.264 e. The fraction of sp³-hybridized carbons (Fsp3) is 0.208. The highest BCUT2D eigenvalue weighted by Gasteiger charge is 2.28. The van der Waals surface area contributed by atoms with Crippen LogP contribution in [0.2, 0.25) is 5.02 Å². The van der Waals surface area contributed by atoms with Crippen LogP contribution in [0.5, 0.6) is 0 Å². The number of anilines is 1. The second-order valence-corrected chi connectivity index (χ2v) is 9.63. The van der Waals surface area contributed by atoms with E-state index in [0.29, 0.717) is 35.7 Å². The zero-order chi connectivity index (χ0) is 23.1. The molecule has 8 heteroatoms. The van der Waals surface area contributed by atoms with Gasteiger partial charge in [-0.15, -0.1) is 0 Å². The average Bonchev–Trinajstić information content (AvgIpc) is 2.78. The number of amides is 1. The molecule has 0 saturated heterocycles. The number of hydrogen-bond donors (Lipinski definition) is 1. The van der Waals surface area contributed by atoms with Crippen LogP contribution in [0.25, 0.3) is 0 Å². The maximum absolute atomic E-state index is 13.3. The van der Waals surface area contributed by atoms with Gasteiger partial charge >= 0.3 is 0 Å². The lowest BCUT2D eigenvalue weighted by molar-refractivity contribution is -0.119. The van der Waals surface area contributed by atoms with Gasteiger partial charge in [0.15, 0.2) is 0 Å². The number of sulfonamides is 1. The van der Waals surface area contributed by atoms with Gasteiger partial charge in [-0.25, -0.2) is 12.8 Å². The Balaban J connectivity index is 1.73. The normalized spacial score (nSPS) is 11.2. The van der Waals surface area contributed by atoms with Crippen molar-refractivity contribution in [1.29, 1.82) is 0 Å². The molecule has 0 heterocycles. The number of nitrogens with zero attached hydrogens (tertiary/aromatic N) is 1. The molecule has 0 unspecified atom stereocenters. The first-order valence-corrected chi connectivity index (χ1v) is 11.9. The third-order valence-electron chi connectivity index (χ3n) is 4.94. The SMILES string of the molecule is Cc1ccc(Cl)cc1N(CC(=O)NCCCc1ccc(F)cc1)S(=O)(=O)c1ccccc1. The van der Waals surface area contributed by atoms with Crippen LogP contribution in [0.3, 0.4) is 0 Å². The van der Waals surface area contributed by atoms with Gasteiger partial charge < -0.3 is 5.32 Å². The Labute approximate surface area is 192 Å². The summed E-state index contributed by atoms with van der Waals surface area (Å²) >= 11 is 6.12. The average molecular weight is 475 g/mol. The maximum Gasteiger partial charge on any atom is 0.264 e. The van der Waals surface area contributed by atoms with Gasteiger partial charge in [0, 0.05) is 11.6 Å². The van der Waals surface area contributed by atoms with E-state index in [1.165, 1.54) is 24.3 Å². The summed E-state index contributed by atoms with van der Waals surface area (Å²) in [5, 5.41) is 3.14. The fourth-order valence-electron chi connectivity index (χ4n) is 3.23. The van der Waals surface area contributed by atoms with Crippen molar-refractivity contribution < 1.29 is 17.6 Å². The van der Waals surface area contributed by atoms with Gasteiger partial charge in [-0.1, -0.05) is 48.0 Å². The molecule has 0 aliphatic carbocycles. The Kier molecular flexibility index (Phi) is 7.88. The van der Waals surface area contributed by atoms with E-state index >= 15 is 0 Å². The number of rotatable bonds is 9. The third-order valence-corrected chi connectivity index (χ3v) is 6.94. The molecule has 0 atom stereocenters. The van der Waals surface area contributed by atoms with E-state index in [4.69, 9.17) is 11.6 Å². The number of halogens is 2. The minimum Gasteiger partial charge on any atom is -0.355 e. The minimum atomic E-state index is -3.99. The molecule has 0 saturated carbocycles. The molecular weight excluding hydrogens is 451 g/mol. The van der Waals surface area contributed by atoms with Crippen molar-refractivity contribution in [2.75, 3.05) is 17.4 Å². The molecule has 32 heavy (non-hydrogen) atoms. The minimum absolute atomic E-state index is 0.0866. The summed E-state index contributed by atoms with van der Waals surface area (Å²) in [6, 6.07) is 19.1.